The molecule has 1 saturated heterocycles. The van der Waals surface area contributed by atoms with E-state index in [-0.39, 0.29) is 0 Å². The van der Waals surface area contributed by atoms with E-state index < -0.39 is 67.3 Å². The van der Waals surface area contributed by atoms with Gasteiger partial charge in [-0.1, -0.05) is 0 Å². The van der Waals surface area contributed by atoms with Crippen LogP contribution in [0.3, 0.4) is 0 Å². The molecule has 27 heavy (non-hydrogen) atoms. The molecule has 1 heterocycles. The summed E-state index contributed by atoms with van der Waals surface area (Å²) < 4.78 is 30.8. The van der Waals surface area contributed by atoms with E-state index in [0.717, 1.165) is 27.7 Å². The van der Waals surface area contributed by atoms with Gasteiger partial charge in [0, 0.05) is 34.8 Å². The van der Waals surface area contributed by atoms with E-state index in [9.17, 15) is 24.3 Å². The van der Waals surface area contributed by atoms with Crippen molar-refractivity contribution < 1.29 is 52.7 Å². The highest BCUT2D eigenvalue weighted by Gasteiger charge is 2.53. The molecule has 0 aromatic heterocycles. The molecular formula is C16H24O11. The third-order valence-electron chi connectivity index (χ3n) is 3.56. The Morgan fingerprint density at radius 2 is 1.44 bits per heavy atom. The predicted octanol–water partition coefficient (Wildman–Crippen LogP) is -0.923. The summed E-state index contributed by atoms with van der Waals surface area (Å²) in [5.41, 5.74) is 0. The molecule has 0 bridgehead atoms. The van der Waals surface area contributed by atoms with Gasteiger partial charge < -0.3 is 33.5 Å². The fraction of sp³-hybridized carbons (Fsp3) is 0.750. The molecule has 0 radical (unpaired) electrons. The Morgan fingerprint density at radius 3 is 1.89 bits per heavy atom. The number of aliphatic hydroxyl groups is 1. The molecule has 1 aliphatic heterocycles. The van der Waals surface area contributed by atoms with Crippen LogP contribution in [0.4, 0.5) is 0 Å². The monoisotopic (exact) mass is 392 g/mol. The number of ether oxygens (including phenoxy) is 6. The molecule has 154 valence electrons. The quantitative estimate of drug-likeness (QED) is 0.424. The maximum Gasteiger partial charge on any atom is 0.303 e. The standard InChI is InChI=1S/C16H24O11/c1-7(17)23-6-11(24-8(2)18)12-13(22-5)14(25-9(3)19)15(16(21)27-12)26-10(4)20/h11-16,21H,6H2,1-5H3. The van der Waals surface area contributed by atoms with Gasteiger partial charge in [0.2, 0.25) is 0 Å². The van der Waals surface area contributed by atoms with Crippen molar-refractivity contribution in [1.82, 2.24) is 0 Å². The Bertz CT molecular complexity index is 561. The minimum absolute atomic E-state index is 0.392. The van der Waals surface area contributed by atoms with Gasteiger partial charge in [-0.15, -0.1) is 0 Å². The summed E-state index contributed by atoms with van der Waals surface area (Å²) in [7, 11) is 1.26. The van der Waals surface area contributed by atoms with Crippen molar-refractivity contribution in [3.8, 4) is 0 Å². The van der Waals surface area contributed by atoms with Crippen molar-refractivity contribution in [2.75, 3.05) is 13.7 Å². The molecule has 1 aliphatic rings. The minimum Gasteiger partial charge on any atom is -0.462 e. The highest BCUT2D eigenvalue weighted by atomic mass is 16.7. The number of rotatable bonds is 7. The first-order valence-electron chi connectivity index (χ1n) is 8.08. The number of esters is 4. The zero-order chi connectivity index (χ0) is 20.7. The number of carbonyl (C=O) groups excluding carboxylic acids is 4. The van der Waals surface area contributed by atoms with Crippen LogP contribution in [0.5, 0.6) is 0 Å². The van der Waals surface area contributed by atoms with Crippen LogP contribution in [0, 0.1) is 0 Å². The molecule has 11 nitrogen and oxygen atoms in total. The smallest absolute Gasteiger partial charge is 0.303 e. The van der Waals surface area contributed by atoms with Crippen LogP contribution in [-0.4, -0.2) is 79.5 Å². The van der Waals surface area contributed by atoms with Crippen molar-refractivity contribution in [2.45, 2.75) is 64.5 Å². The van der Waals surface area contributed by atoms with E-state index >= 15 is 0 Å². The molecule has 6 atom stereocenters. The lowest BCUT2D eigenvalue weighted by Crippen LogP contribution is -2.64. The lowest BCUT2D eigenvalue weighted by molar-refractivity contribution is -0.308. The highest BCUT2D eigenvalue weighted by Crippen LogP contribution is 2.30. The summed E-state index contributed by atoms with van der Waals surface area (Å²) in [5.74, 6) is -2.81. The summed E-state index contributed by atoms with van der Waals surface area (Å²) >= 11 is 0. The lowest BCUT2D eigenvalue weighted by Gasteiger charge is -2.44. The fourth-order valence-electron chi connectivity index (χ4n) is 2.67. The van der Waals surface area contributed by atoms with E-state index in [2.05, 4.69) is 0 Å². The van der Waals surface area contributed by atoms with E-state index in [0.29, 0.717) is 0 Å². The van der Waals surface area contributed by atoms with Crippen LogP contribution in [0.1, 0.15) is 27.7 Å². The molecule has 0 aromatic carbocycles. The lowest BCUT2D eigenvalue weighted by atomic mass is 9.94. The maximum atomic E-state index is 11.5. The molecule has 1 rings (SSSR count). The van der Waals surface area contributed by atoms with Crippen LogP contribution in [0.25, 0.3) is 0 Å². The van der Waals surface area contributed by atoms with E-state index in [4.69, 9.17) is 28.4 Å². The van der Waals surface area contributed by atoms with E-state index in [1.165, 1.54) is 7.11 Å². The van der Waals surface area contributed by atoms with Gasteiger partial charge in [0.15, 0.2) is 24.6 Å². The van der Waals surface area contributed by atoms with Gasteiger partial charge in [0.1, 0.15) is 18.8 Å². The molecular weight excluding hydrogens is 368 g/mol. The number of methoxy groups -OCH3 is 1. The van der Waals surface area contributed by atoms with E-state index in [1.807, 2.05) is 0 Å². The molecule has 1 fully saturated rings. The number of aliphatic hydroxyl groups excluding tert-OH is 1. The highest BCUT2D eigenvalue weighted by molar-refractivity contribution is 5.68. The van der Waals surface area contributed by atoms with Crippen LogP contribution in [0.15, 0.2) is 0 Å². The van der Waals surface area contributed by atoms with Crippen molar-refractivity contribution in [3.63, 3.8) is 0 Å². The Morgan fingerprint density at radius 1 is 0.889 bits per heavy atom. The first-order valence-corrected chi connectivity index (χ1v) is 8.08. The molecule has 0 amide bonds. The maximum absolute atomic E-state index is 11.5. The summed E-state index contributed by atoms with van der Waals surface area (Å²) in [6, 6.07) is 0. The summed E-state index contributed by atoms with van der Waals surface area (Å²) in [6.07, 6.45) is -7.84. The van der Waals surface area contributed by atoms with Crippen molar-refractivity contribution in [3.05, 3.63) is 0 Å². The Kier molecular flexibility index (Phi) is 8.60. The topological polar surface area (TPSA) is 144 Å². The second-order valence-corrected chi connectivity index (χ2v) is 5.79. The second-order valence-electron chi connectivity index (χ2n) is 5.79. The van der Waals surface area contributed by atoms with Crippen molar-refractivity contribution in [1.29, 1.82) is 0 Å². The average molecular weight is 392 g/mol. The molecule has 6 unspecified atom stereocenters. The average Bonchev–Trinajstić information content (AvgIpc) is 2.53. The normalized spacial score (nSPS) is 28.6. The minimum atomic E-state index is -1.72. The van der Waals surface area contributed by atoms with Gasteiger partial charge in [-0.2, -0.15) is 0 Å². The Balaban J connectivity index is 3.19. The van der Waals surface area contributed by atoms with Gasteiger partial charge in [-0.05, 0) is 0 Å². The molecule has 0 spiro atoms. The molecule has 0 aliphatic carbocycles. The molecule has 0 aromatic rings. The zero-order valence-corrected chi connectivity index (χ0v) is 15.7. The first-order chi connectivity index (χ1) is 12.6. The zero-order valence-electron chi connectivity index (χ0n) is 15.7. The number of hydrogen-bond acceptors (Lipinski definition) is 11. The fourth-order valence-corrected chi connectivity index (χ4v) is 2.67. The van der Waals surface area contributed by atoms with Crippen LogP contribution < -0.4 is 0 Å². The van der Waals surface area contributed by atoms with Crippen LogP contribution >= 0.6 is 0 Å². The van der Waals surface area contributed by atoms with E-state index in [1.54, 1.807) is 0 Å². The number of carbonyl (C=O) groups is 4. The number of hydrogen-bond donors (Lipinski definition) is 1. The van der Waals surface area contributed by atoms with Crippen LogP contribution in [0.2, 0.25) is 0 Å². The van der Waals surface area contributed by atoms with Crippen molar-refractivity contribution in [2.24, 2.45) is 0 Å². The largest absolute Gasteiger partial charge is 0.462 e. The summed E-state index contributed by atoms with van der Waals surface area (Å²) in [4.78, 5) is 45.3. The Hall–Kier alpha value is -2.24. The van der Waals surface area contributed by atoms with Gasteiger partial charge in [0.05, 0.1) is 0 Å². The molecule has 0 saturated carbocycles. The third-order valence-corrected chi connectivity index (χ3v) is 3.56. The summed E-state index contributed by atoms with van der Waals surface area (Å²) in [6.45, 7) is 4.13. The Labute approximate surface area is 155 Å². The van der Waals surface area contributed by atoms with Crippen LogP contribution in [-0.2, 0) is 47.6 Å². The molecule has 1 N–H and O–H groups in total. The van der Waals surface area contributed by atoms with Gasteiger partial charge in [0.25, 0.3) is 0 Å². The van der Waals surface area contributed by atoms with Gasteiger partial charge in [-0.3, -0.25) is 19.2 Å². The second kappa shape index (κ2) is 10.2. The third kappa shape index (κ3) is 6.77. The van der Waals surface area contributed by atoms with Gasteiger partial charge >= 0.3 is 23.9 Å². The summed E-state index contributed by atoms with van der Waals surface area (Å²) in [5, 5.41) is 10.3. The first kappa shape index (κ1) is 22.8. The SMILES string of the molecule is COC1C(C(COC(C)=O)OC(C)=O)OC(O)C(OC(C)=O)C1OC(C)=O. The predicted molar refractivity (Wildman–Crippen MR) is 85.0 cm³/mol. The van der Waals surface area contributed by atoms with Crippen molar-refractivity contribution >= 4 is 23.9 Å². The molecule has 11 heteroatoms. The van der Waals surface area contributed by atoms with Gasteiger partial charge in [-0.25, -0.2) is 0 Å².